The van der Waals surface area contributed by atoms with Gasteiger partial charge >= 0.3 is 12.2 Å². The van der Waals surface area contributed by atoms with Crippen molar-refractivity contribution in [1.82, 2.24) is 10.6 Å². The summed E-state index contributed by atoms with van der Waals surface area (Å²) in [4.78, 5) is 25.3. The van der Waals surface area contributed by atoms with Gasteiger partial charge < -0.3 is 69.6 Å². The molecule has 0 spiro atoms. The van der Waals surface area contributed by atoms with Gasteiger partial charge in [-0.3, -0.25) is 0 Å². The van der Waals surface area contributed by atoms with Crippen LogP contribution in [-0.4, -0.2) is 120 Å². The highest BCUT2D eigenvalue weighted by Crippen LogP contribution is 2.36. The minimum absolute atomic E-state index is 0.0717. The third kappa shape index (κ3) is 11.4. The van der Waals surface area contributed by atoms with Gasteiger partial charge in [0.1, 0.15) is 43.7 Å². The number of amides is 2. The molecule has 2 aromatic carbocycles. The van der Waals surface area contributed by atoms with Gasteiger partial charge in [0, 0.05) is 12.0 Å². The zero-order valence-electron chi connectivity index (χ0n) is 33.0. The van der Waals surface area contributed by atoms with Gasteiger partial charge in [-0.05, 0) is 29.9 Å². The zero-order valence-corrected chi connectivity index (χ0v) is 33.0. The minimum atomic E-state index is -1.43. The van der Waals surface area contributed by atoms with Crippen molar-refractivity contribution in [1.29, 1.82) is 0 Å². The number of benzene rings is 2. The minimum Gasteiger partial charge on any atom is -0.445 e. The van der Waals surface area contributed by atoms with E-state index in [4.69, 9.17) is 43.6 Å². The van der Waals surface area contributed by atoms with E-state index in [1.54, 1.807) is 12.2 Å². The second-order valence-corrected chi connectivity index (χ2v) is 15.2. The smallest absolute Gasteiger partial charge is 0.408 e. The quantitative estimate of drug-likeness (QED) is 0.143. The lowest BCUT2D eigenvalue weighted by Gasteiger charge is -2.45. The Labute approximate surface area is 338 Å². The van der Waals surface area contributed by atoms with Crippen LogP contribution in [0.25, 0.3) is 0 Å². The summed E-state index contributed by atoms with van der Waals surface area (Å²) in [5.74, 6) is -0.536. The van der Waals surface area contributed by atoms with E-state index in [9.17, 15) is 24.9 Å². The summed E-state index contributed by atoms with van der Waals surface area (Å²) in [5, 5.41) is 38.8. The predicted octanol–water partition coefficient (Wildman–Crippen LogP) is 2.78. The van der Waals surface area contributed by atoms with Crippen molar-refractivity contribution in [2.24, 2.45) is 17.6 Å². The van der Waals surface area contributed by atoms with Gasteiger partial charge in [-0.1, -0.05) is 106 Å². The first-order valence-electron chi connectivity index (χ1n) is 20.0. The fourth-order valence-corrected chi connectivity index (χ4v) is 7.40. The van der Waals surface area contributed by atoms with Crippen LogP contribution >= 0.6 is 0 Å². The molecular weight excluding hydrogens is 754 g/mol. The fourth-order valence-electron chi connectivity index (χ4n) is 7.40. The zero-order chi connectivity index (χ0) is 41.2. The van der Waals surface area contributed by atoms with Crippen molar-refractivity contribution in [3.05, 3.63) is 96.1 Å². The van der Waals surface area contributed by atoms with Crippen LogP contribution in [0.5, 0.6) is 0 Å². The Morgan fingerprint density at radius 1 is 0.741 bits per heavy atom. The summed E-state index contributed by atoms with van der Waals surface area (Å²) in [6.45, 7) is 5.49. The SMILES string of the molecule is CCC1C=CC(NC(=O)OCc2ccccc2)C(OC2C(C)CC(N)C(O)C2OC2OC(CO)C(OC3OC(CNC(=O)OCc4ccccc4)C=CC3C)C2O)O1. The lowest BCUT2D eigenvalue weighted by atomic mass is 9.80. The number of ether oxygens (including phenoxy) is 8. The predicted molar refractivity (Wildman–Crippen MR) is 207 cm³/mol. The second kappa shape index (κ2) is 20.8. The van der Waals surface area contributed by atoms with Crippen LogP contribution in [0.2, 0.25) is 0 Å². The molecule has 0 radical (unpaired) electrons. The Morgan fingerprint density at radius 2 is 1.34 bits per heavy atom. The molecule has 318 valence electrons. The van der Waals surface area contributed by atoms with E-state index in [1.807, 2.05) is 93.6 Å². The molecule has 16 heteroatoms. The molecule has 58 heavy (non-hydrogen) atoms. The van der Waals surface area contributed by atoms with Crippen LogP contribution in [0.3, 0.4) is 0 Å². The average Bonchev–Trinajstić information content (AvgIpc) is 3.53. The maximum absolute atomic E-state index is 12.9. The van der Waals surface area contributed by atoms with Gasteiger partial charge in [0.25, 0.3) is 0 Å². The Kier molecular flexibility index (Phi) is 15.7. The first-order chi connectivity index (χ1) is 28.0. The van der Waals surface area contributed by atoms with Crippen LogP contribution in [0.1, 0.15) is 44.7 Å². The molecule has 2 fully saturated rings. The summed E-state index contributed by atoms with van der Waals surface area (Å²) >= 11 is 0. The van der Waals surface area contributed by atoms with Crippen LogP contribution < -0.4 is 16.4 Å². The Hall–Kier alpha value is -3.94. The number of carbonyl (C=O) groups excluding carboxylic acids is 2. The molecule has 0 bridgehead atoms. The number of hydrogen-bond donors (Lipinski definition) is 6. The summed E-state index contributed by atoms with van der Waals surface area (Å²) in [6.07, 6.45) is -3.84. The highest BCUT2D eigenvalue weighted by Gasteiger charge is 2.52. The van der Waals surface area contributed by atoms with Crippen LogP contribution in [0.4, 0.5) is 9.59 Å². The first-order valence-corrected chi connectivity index (χ1v) is 20.0. The van der Waals surface area contributed by atoms with Crippen molar-refractivity contribution >= 4 is 12.2 Å². The summed E-state index contributed by atoms with van der Waals surface area (Å²) in [6, 6.07) is 17.2. The first kappa shape index (κ1) is 43.6. The van der Waals surface area contributed by atoms with E-state index in [2.05, 4.69) is 10.6 Å². The van der Waals surface area contributed by atoms with Crippen molar-refractivity contribution in [2.75, 3.05) is 13.2 Å². The van der Waals surface area contributed by atoms with Gasteiger partial charge in [0.2, 0.25) is 0 Å². The number of aliphatic hydroxyl groups excluding tert-OH is 3. The topological polar surface area (TPSA) is 219 Å². The molecule has 2 aromatic rings. The van der Waals surface area contributed by atoms with E-state index in [1.165, 1.54) is 0 Å². The summed E-state index contributed by atoms with van der Waals surface area (Å²) in [7, 11) is 0. The molecule has 3 aliphatic heterocycles. The van der Waals surface area contributed by atoms with E-state index in [0.717, 1.165) is 11.1 Å². The summed E-state index contributed by atoms with van der Waals surface area (Å²) < 4.78 is 48.3. The number of nitrogens with two attached hydrogens (primary N) is 1. The normalized spacial score (nSPS) is 35.9. The fraction of sp³-hybridized carbons (Fsp3) is 0.571. The molecule has 0 aromatic heterocycles. The lowest BCUT2D eigenvalue weighted by Crippen LogP contribution is -2.61. The molecule has 3 heterocycles. The van der Waals surface area contributed by atoms with Gasteiger partial charge in [-0.25, -0.2) is 9.59 Å². The lowest BCUT2D eigenvalue weighted by molar-refractivity contribution is -0.286. The van der Waals surface area contributed by atoms with Crippen molar-refractivity contribution < 1.29 is 62.8 Å². The maximum Gasteiger partial charge on any atom is 0.408 e. The number of carbonyl (C=O) groups is 2. The third-order valence-corrected chi connectivity index (χ3v) is 10.7. The number of nitrogens with one attached hydrogen (secondary N) is 2. The van der Waals surface area contributed by atoms with Gasteiger partial charge in [-0.2, -0.15) is 0 Å². The highest BCUT2D eigenvalue weighted by atomic mass is 16.8. The van der Waals surface area contributed by atoms with E-state index in [-0.39, 0.29) is 37.7 Å². The van der Waals surface area contributed by atoms with Gasteiger partial charge in [0.05, 0.1) is 37.6 Å². The van der Waals surface area contributed by atoms with E-state index < -0.39 is 92.5 Å². The molecule has 6 rings (SSSR count). The Bertz CT molecular complexity index is 1650. The van der Waals surface area contributed by atoms with Crippen molar-refractivity contribution in [3.63, 3.8) is 0 Å². The molecule has 1 saturated carbocycles. The van der Waals surface area contributed by atoms with Crippen LogP contribution in [0, 0.1) is 11.8 Å². The average molecular weight is 812 g/mol. The Balaban J connectivity index is 1.07. The van der Waals surface area contributed by atoms with Crippen LogP contribution in [0.15, 0.2) is 85.0 Å². The number of aliphatic hydroxyl groups is 3. The maximum atomic E-state index is 12.9. The third-order valence-electron chi connectivity index (χ3n) is 10.7. The second-order valence-electron chi connectivity index (χ2n) is 15.2. The highest BCUT2D eigenvalue weighted by molar-refractivity contribution is 5.68. The molecule has 1 aliphatic carbocycles. The van der Waals surface area contributed by atoms with E-state index in [0.29, 0.717) is 12.8 Å². The number of hydrogen-bond acceptors (Lipinski definition) is 14. The monoisotopic (exact) mass is 811 g/mol. The number of rotatable bonds is 15. The molecule has 7 N–H and O–H groups in total. The molecule has 16 nitrogen and oxygen atoms in total. The van der Waals surface area contributed by atoms with Gasteiger partial charge in [-0.15, -0.1) is 0 Å². The molecule has 1 saturated heterocycles. The molecule has 4 aliphatic rings. The van der Waals surface area contributed by atoms with Crippen LogP contribution in [-0.2, 0) is 51.1 Å². The van der Waals surface area contributed by atoms with Crippen molar-refractivity contribution in [2.45, 2.75) is 127 Å². The number of alkyl carbamates (subject to hydrolysis) is 2. The molecule has 15 unspecified atom stereocenters. The molecular formula is C42H57N3O13. The van der Waals surface area contributed by atoms with E-state index >= 15 is 0 Å². The Morgan fingerprint density at radius 3 is 2.00 bits per heavy atom. The van der Waals surface area contributed by atoms with Gasteiger partial charge in [0.15, 0.2) is 18.9 Å². The molecule has 15 atom stereocenters. The van der Waals surface area contributed by atoms with Crippen molar-refractivity contribution in [3.8, 4) is 0 Å². The molecule has 2 amide bonds. The standard InChI is InChI=1S/C42H57N3O13/c1-4-28-17-18-31(45-42(50)52-23-27-13-9-6-10-14-27)39(53-28)56-35-25(3)19-30(43)33(47)37(35)58-40-34(48)36(32(21-46)55-40)57-38-24(2)15-16-29(54-38)20-44-41(49)51-22-26-11-7-5-8-12-26/h5-18,24-25,28-40,46-48H,4,19-23,43H2,1-3H3,(H,44,49)(H,45,50). The largest absolute Gasteiger partial charge is 0.445 e. The summed E-state index contributed by atoms with van der Waals surface area (Å²) in [5.41, 5.74) is 8.05.